The minimum Gasteiger partial charge on any atom is -0.393 e. The molecule has 3 nitrogen and oxygen atoms in total. The van der Waals surface area contributed by atoms with Gasteiger partial charge in [-0.1, -0.05) is 13.8 Å². The van der Waals surface area contributed by atoms with Gasteiger partial charge in [-0.15, -0.1) is 0 Å². The first-order valence-electron chi connectivity index (χ1n) is 9.44. The quantitative estimate of drug-likeness (QED) is 0.529. The normalized spacial score (nSPS) is 56.3. The van der Waals surface area contributed by atoms with E-state index in [0.29, 0.717) is 5.41 Å². The fraction of sp³-hybridized carbons (Fsp3) is 0.947. The maximum absolute atomic E-state index is 10.1. The van der Waals surface area contributed by atoms with Gasteiger partial charge < -0.3 is 10.9 Å². The van der Waals surface area contributed by atoms with Gasteiger partial charge in [0.25, 0.3) is 0 Å². The lowest BCUT2D eigenvalue weighted by atomic mass is 9.45. The molecule has 7 atom stereocenters. The van der Waals surface area contributed by atoms with Crippen molar-refractivity contribution in [2.45, 2.75) is 77.7 Å². The van der Waals surface area contributed by atoms with Gasteiger partial charge in [-0.25, -0.2) is 0 Å². The Balaban J connectivity index is 1.63. The van der Waals surface area contributed by atoms with Crippen molar-refractivity contribution in [3.05, 3.63) is 0 Å². The molecule has 0 amide bonds. The molecule has 0 saturated heterocycles. The number of nitrogens with two attached hydrogens (primary N) is 1. The van der Waals surface area contributed by atoms with Crippen LogP contribution < -0.4 is 5.84 Å². The highest BCUT2D eigenvalue weighted by molar-refractivity contribution is 5.92. The van der Waals surface area contributed by atoms with Gasteiger partial charge in [0.1, 0.15) is 0 Å². The second-order valence-corrected chi connectivity index (χ2v) is 9.16. The molecule has 4 fully saturated rings. The summed E-state index contributed by atoms with van der Waals surface area (Å²) in [6.45, 7) is 4.99. The number of aliphatic hydroxyl groups excluding tert-OH is 1. The summed E-state index contributed by atoms with van der Waals surface area (Å²) in [5.74, 6) is 9.00. The highest BCUT2D eigenvalue weighted by Crippen LogP contribution is 2.65. The predicted molar refractivity (Wildman–Crippen MR) is 89.4 cm³/mol. The standard InChI is InChI=1S/C19H32N2O/c1-18-9-7-13(22)11-12(18)3-4-14-15-5-6-17(21-20)19(15,2)10-8-16(14)18/h12-16,22H,3-11,20H2,1-2H3/b21-17-/t12-,13?,14?,15?,16?,18-,19-/m0/s1. The number of hydrogen-bond donors (Lipinski definition) is 2. The second-order valence-electron chi connectivity index (χ2n) is 9.16. The fourth-order valence-electron chi connectivity index (χ4n) is 7.24. The molecule has 0 aromatic carbocycles. The lowest BCUT2D eigenvalue weighted by molar-refractivity contribution is -0.113. The first kappa shape index (κ1) is 15.0. The number of hydrazone groups is 1. The highest BCUT2D eigenvalue weighted by atomic mass is 16.3. The van der Waals surface area contributed by atoms with Gasteiger partial charge in [-0.3, -0.25) is 0 Å². The van der Waals surface area contributed by atoms with E-state index in [4.69, 9.17) is 5.84 Å². The molecule has 0 spiro atoms. The molecule has 4 aliphatic rings. The van der Waals surface area contributed by atoms with E-state index in [2.05, 4.69) is 18.9 Å². The van der Waals surface area contributed by atoms with Crippen LogP contribution in [0.4, 0.5) is 0 Å². The Morgan fingerprint density at radius 2 is 1.86 bits per heavy atom. The molecule has 3 heteroatoms. The van der Waals surface area contributed by atoms with E-state index in [1.807, 2.05) is 0 Å². The number of aliphatic hydroxyl groups is 1. The zero-order valence-corrected chi connectivity index (χ0v) is 14.2. The largest absolute Gasteiger partial charge is 0.393 e. The molecule has 124 valence electrons. The van der Waals surface area contributed by atoms with Crippen molar-refractivity contribution in [1.82, 2.24) is 0 Å². The van der Waals surface area contributed by atoms with Crippen molar-refractivity contribution < 1.29 is 5.11 Å². The molecule has 0 radical (unpaired) electrons. The molecule has 3 N–H and O–H groups in total. The molecular weight excluding hydrogens is 272 g/mol. The van der Waals surface area contributed by atoms with E-state index in [9.17, 15) is 5.11 Å². The molecule has 22 heavy (non-hydrogen) atoms. The van der Waals surface area contributed by atoms with E-state index in [-0.39, 0.29) is 11.5 Å². The number of hydrogen-bond acceptors (Lipinski definition) is 3. The van der Waals surface area contributed by atoms with E-state index in [1.165, 1.54) is 44.2 Å². The van der Waals surface area contributed by atoms with Crippen LogP contribution in [0.15, 0.2) is 5.10 Å². The maximum Gasteiger partial charge on any atom is 0.0543 e. The van der Waals surface area contributed by atoms with Crippen LogP contribution >= 0.6 is 0 Å². The average molecular weight is 304 g/mol. The molecule has 4 saturated carbocycles. The minimum absolute atomic E-state index is 0.0362. The summed E-state index contributed by atoms with van der Waals surface area (Å²) in [6, 6.07) is 0. The van der Waals surface area contributed by atoms with Gasteiger partial charge in [-0.2, -0.15) is 5.10 Å². The fourth-order valence-corrected chi connectivity index (χ4v) is 7.24. The highest BCUT2D eigenvalue weighted by Gasteiger charge is 2.59. The predicted octanol–water partition coefficient (Wildman–Crippen LogP) is 3.70. The van der Waals surface area contributed by atoms with Gasteiger partial charge in [-0.05, 0) is 86.9 Å². The summed E-state index contributed by atoms with van der Waals surface area (Å²) in [7, 11) is 0. The summed E-state index contributed by atoms with van der Waals surface area (Å²) in [4.78, 5) is 0. The van der Waals surface area contributed by atoms with Crippen molar-refractivity contribution in [1.29, 1.82) is 0 Å². The van der Waals surface area contributed by atoms with Crippen LogP contribution in [-0.4, -0.2) is 16.9 Å². The minimum atomic E-state index is -0.0362. The van der Waals surface area contributed by atoms with E-state index in [1.54, 1.807) is 0 Å². The zero-order valence-electron chi connectivity index (χ0n) is 14.2. The summed E-state index contributed by atoms with van der Waals surface area (Å²) in [5.41, 5.74) is 2.06. The maximum atomic E-state index is 10.1. The van der Waals surface area contributed by atoms with Crippen molar-refractivity contribution in [3.63, 3.8) is 0 Å². The number of fused-ring (bicyclic) bond motifs is 5. The van der Waals surface area contributed by atoms with Crippen LogP contribution in [0.1, 0.15) is 71.6 Å². The Kier molecular flexibility index (Phi) is 3.38. The lowest BCUT2D eigenvalue weighted by Gasteiger charge is -2.60. The van der Waals surface area contributed by atoms with E-state index in [0.717, 1.165) is 42.9 Å². The van der Waals surface area contributed by atoms with E-state index >= 15 is 0 Å². The lowest BCUT2D eigenvalue weighted by Crippen LogP contribution is -2.54. The Hall–Kier alpha value is -0.570. The summed E-state index contributed by atoms with van der Waals surface area (Å²) >= 11 is 0. The van der Waals surface area contributed by atoms with Gasteiger partial charge in [0, 0.05) is 11.1 Å². The van der Waals surface area contributed by atoms with E-state index < -0.39 is 0 Å². The van der Waals surface area contributed by atoms with Crippen LogP contribution in [0.5, 0.6) is 0 Å². The van der Waals surface area contributed by atoms with Crippen LogP contribution in [0.2, 0.25) is 0 Å². The monoisotopic (exact) mass is 304 g/mol. The van der Waals surface area contributed by atoms with Gasteiger partial charge in [0.05, 0.1) is 6.10 Å². The Labute approximate surface area is 134 Å². The smallest absolute Gasteiger partial charge is 0.0543 e. The van der Waals surface area contributed by atoms with Gasteiger partial charge in [0.15, 0.2) is 0 Å². The second kappa shape index (κ2) is 4.96. The van der Waals surface area contributed by atoms with Crippen LogP contribution in [0, 0.1) is 34.5 Å². The van der Waals surface area contributed by atoms with Crippen LogP contribution in [0.25, 0.3) is 0 Å². The van der Waals surface area contributed by atoms with Crippen molar-refractivity contribution in [3.8, 4) is 0 Å². The number of nitrogens with zero attached hydrogens (tertiary/aromatic N) is 1. The molecule has 0 bridgehead atoms. The van der Waals surface area contributed by atoms with Crippen molar-refractivity contribution in [2.75, 3.05) is 0 Å². The van der Waals surface area contributed by atoms with Gasteiger partial charge >= 0.3 is 0 Å². The third-order valence-electron chi connectivity index (χ3n) is 8.53. The SMILES string of the molecule is C[C@]12CCC3C(CC[C@H]4CC(O)CC[C@]34C)C1CC/C2=N/N. The summed E-state index contributed by atoms with van der Waals surface area (Å²) in [5, 5.41) is 14.3. The molecule has 0 aromatic rings. The molecule has 0 aliphatic heterocycles. The molecule has 4 unspecified atom stereocenters. The zero-order chi connectivity index (χ0) is 15.5. The Bertz CT molecular complexity index is 490. The van der Waals surface area contributed by atoms with Crippen molar-refractivity contribution >= 4 is 5.71 Å². The van der Waals surface area contributed by atoms with Crippen LogP contribution in [0.3, 0.4) is 0 Å². The third kappa shape index (κ3) is 1.87. The first-order chi connectivity index (χ1) is 10.5. The Morgan fingerprint density at radius 3 is 2.64 bits per heavy atom. The summed E-state index contributed by atoms with van der Waals surface area (Å²) in [6.07, 6.45) is 11.0. The van der Waals surface area contributed by atoms with Gasteiger partial charge in [0.2, 0.25) is 0 Å². The molecule has 0 heterocycles. The molecule has 0 aromatic heterocycles. The average Bonchev–Trinajstić information content (AvgIpc) is 2.84. The summed E-state index contributed by atoms with van der Waals surface area (Å²) < 4.78 is 0. The molecule has 4 rings (SSSR count). The first-order valence-corrected chi connectivity index (χ1v) is 9.44. The Morgan fingerprint density at radius 1 is 1.05 bits per heavy atom. The molecule has 4 aliphatic carbocycles. The van der Waals surface area contributed by atoms with Crippen molar-refractivity contribution in [2.24, 2.45) is 45.4 Å². The van der Waals surface area contributed by atoms with Crippen LogP contribution in [-0.2, 0) is 0 Å². The topological polar surface area (TPSA) is 58.6 Å². The third-order valence-corrected chi connectivity index (χ3v) is 8.53. The number of rotatable bonds is 0. The molecular formula is C19H32N2O.